The van der Waals surface area contributed by atoms with Gasteiger partial charge in [-0.05, 0) is 85.8 Å². The van der Waals surface area contributed by atoms with Crippen molar-refractivity contribution in [1.29, 1.82) is 0 Å². The van der Waals surface area contributed by atoms with E-state index < -0.39 is 71.1 Å². The smallest absolute Gasteiger partial charge is 0.384 e. The Hall–Kier alpha value is -5.57. The number of ether oxygens (including phenoxy) is 1. The van der Waals surface area contributed by atoms with Crippen molar-refractivity contribution in [2.45, 2.75) is 126 Å². The van der Waals surface area contributed by atoms with E-state index in [2.05, 4.69) is 38.1 Å². The summed E-state index contributed by atoms with van der Waals surface area (Å²) in [4.78, 5) is 73.6. The largest absolute Gasteiger partial charge is 0.433 e. The highest BCUT2D eigenvalue weighted by molar-refractivity contribution is 6.30. The number of carbonyl (C=O) groups is 5. The number of nitrogens with one attached hydrogen (secondary N) is 4. The lowest BCUT2D eigenvalue weighted by molar-refractivity contribution is -0.150. The summed E-state index contributed by atoms with van der Waals surface area (Å²) >= 11 is 6.37. The zero-order valence-corrected chi connectivity index (χ0v) is 39.3. The van der Waals surface area contributed by atoms with Crippen LogP contribution in [0, 0.1) is 34.4 Å². The Morgan fingerprint density at radius 3 is 2.61 bits per heavy atom. The van der Waals surface area contributed by atoms with E-state index in [1.807, 2.05) is 31.7 Å². The van der Waals surface area contributed by atoms with Gasteiger partial charge in [0.25, 0.3) is 11.8 Å². The molecule has 7 aliphatic rings. The van der Waals surface area contributed by atoms with Crippen molar-refractivity contribution in [3.63, 3.8) is 0 Å². The van der Waals surface area contributed by atoms with Crippen molar-refractivity contribution in [3.8, 4) is 11.8 Å². The molecule has 4 N–H and O–H groups in total. The maximum atomic E-state index is 16.3. The van der Waals surface area contributed by atoms with Gasteiger partial charge in [-0.25, -0.2) is 4.39 Å². The molecular weight excluding hydrogens is 918 g/mol. The summed E-state index contributed by atoms with van der Waals surface area (Å²) in [7, 11) is 0. The highest BCUT2D eigenvalue weighted by Gasteiger charge is 2.62. The number of anilines is 1. The van der Waals surface area contributed by atoms with E-state index in [9.17, 15) is 37.1 Å². The minimum atomic E-state index is -4.69. The number of alkyl halides is 3. The Kier molecular flexibility index (Phi) is 11.9. The summed E-state index contributed by atoms with van der Waals surface area (Å²) < 4.78 is 64.1. The molecule has 5 fully saturated rings. The molecule has 18 heteroatoms. The van der Waals surface area contributed by atoms with Gasteiger partial charge in [0.2, 0.25) is 17.7 Å². The van der Waals surface area contributed by atoms with Gasteiger partial charge in [0, 0.05) is 89.9 Å². The standard InChI is InChI=1S/C51H54ClF4N7O6/c1-48(2,3)21-39-50(25-58-35-19-38(51(54,55)56)57-22-33(35)50)41(31-9-5-10-34(52)42(31)53)43(60-39)45(66)59-29-13-15-37(69-24-29)47(68)62-18-6-17-49(26-62)20-28(49)12-11-27-7-4-8-30-32(27)23-63(46(30)67)36-14-16-40(64)61-44(36)65/h4-5,7-10,19,22,28-29,36-37,39,41,43,58,60H,6,13-18,20-21,23-26H2,1-3H3,(H,59,66)(H,61,64,65)/t28-,29+,36?,37-,39-,41-,43+,49+,50-/m0/s1. The highest BCUT2D eigenvalue weighted by atomic mass is 35.5. The maximum absolute atomic E-state index is 16.3. The normalized spacial score (nSPS) is 30.7. The Morgan fingerprint density at radius 1 is 1.07 bits per heavy atom. The van der Waals surface area contributed by atoms with Crippen molar-refractivity contribution in [2.75, 3.05) is 31.6 Å². The first-order valence-corrected chi connectivity index (χ1v) is 24.1. The second-order valence-corrected chi connectivity index (χ2v) is 21.6. The van der Waals surface area contributed by atoms with Crippen molar-refractivity contribution in [2.24, 2.45) is 16.7 Å². The third kappa shape index (κ3) is 8.54. The predicted molar refractivity (Wildman–Crippen MR) is 245 cm³/mol. The lowest BCUT2D eigenvalue weighted by Crippen LogP contribution is -2.53. The summed E-state index contributed by atoms with van der Waals surface area (Å²) in [5, 5.41) is 12.0. The Balaban J connectivity index is 0.803. The zero-order chi connectivity index (χ0) is 48.8. The van der Waals surface area contributed by atoms with Crippen LogP contribution < -0.4 is 21.3 Å². The molecule has 0 radical (unpaired) electrons. The van der Waals surface area contributed by atoms with E-state index >= 15 is 4.39 Å². The van der Waals surface area contributed by atoms with Gasteiger partial charge in [-0.15, -0.1) is 0 Å². The quantitative estimate of drug-likeness (QED) is 0.128. The summed E-state index contributed by atoms with van der Waals surface area (Å²) in [6.45, 7) is 7.62. The van der Waals surface area contributed by atoms with Crippen LogP contribution in [0.4, 0.5) is 23.2 Å². The van der Waals surface area contributed by atoms with E-state index in [1.165, 1.54) is 17.2 Å². The summed E-state index contributed by atoms with van der Waals surface area (Å²) in [6, 6.07) is 8.23. The van der Waals surface area contributed by atoms with Crippen LogP contribution in [-0.4, -0.2) is 101 Å². The topological polar surface area (TPSA) is 162 Å². The van der Waals surface area contributed by atoms with Crippen LogP contribution in [0.25, 0.3) is 0 Å². The van der Waals surface area contributed by atoms with Crippen LogP contribution in [-0.2, 0) is 42.1 Å². The number of amides is 5. The molecule has 1 aromatic heterocycles. The number of carbonyl (C=O) groups excluding carboxylic acids is 5. The number of likely N-dealkylation sites (tertiary alicyclic amines) is 1. The fourth-order valence-electron chi connectivity index (χ4n) is 12.1. The molecule has 3 aromatic rings. The molecule has 13 nitrogen and oxygen atoms in total. The number of fused-ring (bicyclic) bond motifs is 3. The molecule has 1 saturated carbocycles. The number of rotatable bonds is 6. The van der Waals surface area contributed by atoms with Crippen LogP contribution in [0.15, 0.2) is 48.7 Å². The SMILES string of the molecule is CC(C)(C)C[C@@H]1N[C@@H](C(=O)N[C@@H]2CC[C@@H](C(=O)N3CCC[C@@]4(C[C@@H]4C#Cc4cccc5c4CN(C4CCC(=O)NC4=O)C5=O)C3)OC2)[C@H](c2cccc(Cl)c2F)[C@]12CNc1cc(C(F)(F)F)ncc12. The van der Waals surface area contributed by atoms with Gasteiger partial charge in [-0.3, -0.25) is 34.3 Å². The maximum Gasteiger partial charge on any atom is 0.433 e. The fraction of sp³-hybridized carbons (Fsp3) is 0.529. The van der Waals surface area contributed by atoms with Crippen LogP contribution in [0.1, 0.15) is 116 Å². The number of piperidine rings is 2. The Morgan fingerprint density at radius 2 is 1.87 bits per heavy atom. The Labute approximate surface area is 402 Å². The van der Waals surface area contributed by atoms with E-state index in [-0.39, 0.29) is 83.3 Å². The van der Waals surface area contributed by atoms with Gasteiger partial charge in [0.15, 0.2) is 0 Å². The molecule has 6 aliphatic heterocycles. The molecule has 4 saturated heterocycles. The number of hydrogen-bond acceptors (Lipinski definition) is 9. The lowest BCUT2D eigenvalue weighted by atomic mass is 9.63. The molecule has 364 valence electrons. The zero-order valence-electron chi connectivity index (χ0n) is 38.5. The van der Waals surface area contributed by atoms with Crippen LogP contribution >= 0.6 is 11.6 Å². The second kappa shape index (κ2) is 17.4. The van der Waals surface area contributed by atoms with Gasteiger partial charge >= 0.3 is 6.18 Å². The molecule has 10 rings (SSSR count). The molecule has 9 atom stereocenters. The Bertz CT molecular complexity index is 2710. The number of hydrogen-bond donors (Lipinski definition) is 4. The van der Waals surface area contributed by atoms with Crippen molar-refractivity contribution in [1.82, 2.24) is 30.7 Å². The van der Waals surface area contributed by atoms with Gasteiger partial charge in [-0.2, -0.15) is 13.2 Å². The molecule has 1 aliphatic carbocycles. The fourth-order valence-corrected chi connectivity index (χ4v) is 12.3. The molecule has 2 aromatic carbocycles. The van der Waals surface area contributed by atoms with Crippen LogP contribution in [0.2, 0.25) is 5.02 Å². The molecule has 7 heterocycles. The van der Waals surface area contributed by atoms with E-state index in [0.717, 1.165) is 36.5 Å². The monoisotopic (exact) mass is 971 g/mol. The molecule has 2 spiro atoms. The molecule has 5 amide bonds. The second-order valence-electron chi connectivity index (χ2n) is 21.2. The van der Waals surface area contributed by atoms with E-state index in [4.69, 9.17) is 16.3 Å². The van der Waals surface area contributed by atoms with Crippen molar-refractivity contribution >= 4 is 46.8 Å². The van der Waals surface area contributed by atoms with Gasteiger partial charge in [0.05, 0.1) is 23.7 Å². The summed E-state index contributed by atoms with van der Waals surface area (Å²) in [5.41, 5.74) is 0.209. The van der Waals surface area contributed by atoms with E-state index in [0.29, 0.717) is 43.5 Å². The first-order chi connectivity index (χ1) is 32.8. The van der Waals surface area contributed by atoms with E-state index in [1.54, 1.807) is 24.3 Å². The van der Waals surface area contributed by atoms with Crippen molar-refractivity contribution < 1.29 is 46.3 Å². The first kappa shape index (κ1) is 47.1. The van der Waals surface area contributed by atoms with Gasteiger partial charge in [-0.1, -0.05) is 62.4 Å². The predicted octanol–water partition coefficient (Wildman–Crippen LogP) is 6.22. The van der Waals surface area contributed by atoms with Crippen LogP contribution in [0.5, 0.6) is 0 Å². The number of benzene rings is 2. The summed E-state index contributed by atoms with van der Waals surface area (Å²) in [5.74, 6) is 3.59. The average molecular weight is 972 g/mol. The molecule has 69 heavy (non-hydrogen) atoms. The number of pyridine rings is 1. The number of halogens is 5. The third-order valence-corrected chi connectivity index (χ3v) is 15.8. The lowest BCUT2D eigenvalue weighted by Gasteiger charge is -2.39. The van der Waals surface area contributed by atoms with Crippen LogP contribution in [0.3, 0.4) is 0 Å². The summed E-state index contributed by atoms with van der Waals surface area (Å²) in [6.07, 6.45) is 0.108. The van der Waals surface area contributed by atoms with Gasteiger partial charge in [0.1, 0.15) is 23.7 Å². The minimum absolute atomic E-state index is 0.0526. The molecule has 1 unspecified atom stereocenters. The van der Waals surface area contributed by atoms with Gasteiger partial charge < -0.3 is 30.5 Å². The molecule has 0 bridgehead atoms. The van der Waals surface area contributed by atoms with Crippen molar-refractivity contribution in [3.05, 3.63) is 93.0 Å². The highest BCUT2D eigenvalue weighted by Crippen LogP contribution is 2.58. The number of aromatic nitrogens is 1. The minimum Gasteiger partial charge on any atom is -0.384 e. The average Bonchev–Trinajstić information content (AvgIpc) is 3.52. The third-order valence-electron chi connectivity index (χ3n) is 15.5. The molecular formula is C51H54ClF4N7O6. The number of nitrogens with zero attached hydrogens (tertiary/aromatic N) is 3. The number of imide groups is 1. The first-order valence-electron chi connectivity index (χ1n) is 23.8.